The van der Waals surface area contributed by atoms with Crippen molar-refractivity contribution in [3.05, 3.63) is 72.9 Å². The lowest BCUT2D eigenvalue weighted by Crippen LogP contribution is -2.28. The predicted octanol–water partition coefficient (Wildman–Crippen LogP) is 10.6. The molecule has 0 aromatic rings. The maximum atomic E-state index is 12.1. The average molecular weight is 613 g/mol. The summed E-state index contributed by atoms with van der Waals surface area (Å²) in [7, 11) is 0. The minimum Gasteiger partial charge on any atom is -0.462 e. The zero-order valence-corrected chi connectivity index (χ0v) is 28.1. The summed E-state index contributed by atoms with van der Waals surface area (Å²) in [6.45, 7) is 3.92. The highest BCUT2D eigenvalue weighted by Crippen LogP contribution is 2.10. The van der Waals surface area contributed by atoms with Crippen LogP contribution in [0.3, 0.4) is 0 Å². The minimum absolute atomic E-state index is 0.0878. The van der Waals surface area contributed by atoms with E-state index in [2.05, 4.69) is 86.8 Å². The number of carbonyl (C=O) groups excluding carboxylic acids is 2. The molecule has 0 aromatic heterocycles. The maximum absolute atomic E-state index is 12.1. The highest BCUT2D eigenvalue weighted by molar-refractivity contribution is 5.70. The second-order valence-electron chi connectivity index (χ2n) is 11.2. The lowest BCUT2D eigenvalue weighted by Gasteiger charge is -2.15. The lowest BCUT2D eigenvalue weighted by molar-refractivity contribution is -0.161. The number of aliphatic hydroxyl groups excluding tert-OH is 1. The number of hydrogen-bond acceptors (Lipinski definition) is 5. The van der Waals surface area contributed by atoms with Gasteiger partial charge in [-0.3, -0.25) is 9.59 Å². The van der Waals surface area contributed by atoms with Gasteiger partial charge in [-0.25, -0.2) is 0 Å². The number of unbranched alkanes of at least 4 members (excludes halogenated alkanes) is 10. The highest BCUT2D eigenvalue weighted by atomic mass is 16.6. The smallest absolute Gasteiger partial charge is 0.306 e. The molecule has 0 aromatic carbocycles. The second-order valence-corrected chi connectivity index (χ2v) is 11.2. The Bertz CT molecular complexity index is 833. The van der Waals surface area contributed by atoms with Crippen molar-refractivity contribution in [3.8, 4) is 0 Å². The first-order chi connectivity index (χ1) is 21.6. The molecule has 44 heavy (non-hydrogen) atoms. The van der Waals surface area contributed by atoms with E-state index in [0.29, 0.717) is 12.8 Å². The molecule has 0 aliphatic rings. The molecule has 0 spiro atoms. The van der Waals surface area contributed by atoms with Gasteiger partial charge in [0, 0.05) is 12.8 Å². The first-order valence-corrected chi connectivity index (χ1v) is 17.5. The third-order valence-corrected chi connectivity index (χ3v) is 6.98. The van der Waals surface area contributed by atoms with E-state index < -0.39 is 6.10 Å². The van der Waals surface area contributed by atoms with E-state index in [1.165, 1.54) is 32.1 Å². The van der Waals surface area contributed by atoms with Crippen LogP contribution in [0.25, 0.3) is 0 Å². The molecule has 1 atom stereocenters. The van der Waals surface area contributed by atoms with E-state index >= 15 is 0 Å². The Morgan fingerprint density at radius 3 is 1.52 bits per heavy atom. The molecule has 0 radical (unpaired) electrons. The van der Waals surface area contributed by atoms with Gasteiger partial charge in [-0.1, -0.05) is 125 Å². The van der Waals surface area contributed by atoms with Crippen LogP contribution in [0.1, 0.15) is 142 Å². The Kier molecular flexibility index (Phi) is 32.7. The summed E-state index contributed by atoms with van der Waals surface area (Å²) < 4.78 is 10.5. The monoisotopic (exact) mass is 612 g/mol. The summed E-state index contributed by atoms with van der Waals surface area (Å²) in [4.78, 5) is 24.1. The summed E-state index contributed by atoms with van der Waals surface area (Å²) in [5.41, 5.74) is 0. The quantitative estimate of drug-likeness (QED) is 0.0496. The summed E-state index contributed by atoms with van der Waals surface area (Å²) in [5.74, 6) is -0.649. The first kappa shape index (κ1) is 41.3. The van der Waals surface area contributed by atoms with Crippen LogP contribution in [0, 0.1) is 0 Å². The largest absolute Gasteiger partial charge is 0.462 e. The van der Waals surface area contributed by atoms with Crippen molar-refractivity contribution in [2.45, 2.75) is 148 Å². The van der Waals surface area contributed by atoms with Crippen LogP contribution < -0.4 is 0 Å². The van der Waals surface area contributed by atoms with Gasteiger partial charge in [0.2, 0.25) is 0 Å². The van der Waals surface area contributed by atoms with Gasteiger partial charge in [-0.05, 0) is 77.0 Å². The average Bonchev–Trinajstić information content (AvgIpc) is 3.02. The van der Waals surface area contributed by atoms with Crippen LogP contribution in [0.4, 0.5) is 0 Å². The topological polar surface area (TPSA) is 72.8 Å². The number of ether oxygens (including phenoxy) is 2. The SMILES string of the molecule is CC/C=C\C/C=C\C/C=C\C/C=C\C/C=C\CCCCCC(=O)O[C@@H](CO)COC(=O)CCCCCCC/C=C\CCCC. The fourth-order valence-corrected chi connectivity index (χ4v) is 4.32. The fraction of sp³-hybridized carbons (Fsp3) is 0.641. The molecule has 5 heteroatoms. The molecule has 0 amide bonds. The molecular formula is C39H64O5. The number of hydrogen-bond donors (Lipinski definition) is 1. The molecule has 0 rings (SSSR count). The first-order valence-electron chi connectivity index (χ1n) is 17.5. The van der Waals surface area contributed by atoms with Crippen LogP contribution >= 0.6 is 0 Å². The third-order valence-electron chi connectivity index (χ3n) is 6.98. The third kappa shape index (κ3) is 32.3. The molecule has 0 aliphatic carbocycles. The summed E-state index contributed by atoms with van der Waals surface area (Å²) in [5, 5.41) is 9.51. The van der Waals surface area contributed by atoms with E-state index in [0.717, 1.165) is 83.5 Å². The van der Waals surface area contributed by atoms with Crippen LogP contribution in [0.2, 0.25) is 0 Å². The van der Waals surface area contributed by atoms with Gasteiger partial charge >= 0.3 is 11.9 Å². The van der Waals surface area contributed by atoms with Crippen molar-refractivity contribution in [2.24, 2.45) is 0 Å². The zero-order valence-electron chi connectivity index (χ0n) is 28.1. The van der Waals surface area contributed by atoms with Crippen LogP contribution in [-0.4, -0.2) is 36.4 Å². The van der Waals surface area contributed by atoms with Crippen molar-refractivity contribution >= 4 is 11.9 Å². The van der Waals surface area contributed by atoms with Crippen molar-refractivity contribution in [3.63, 3.8) is 0 Å². The molecule has 0 saturated heterocycles. The molecule has 5 nitrogen and oxygen atoms in total. The molecule has 0 aliphatic heterocycles. The number of allylic oxidation sites excluding steroid dienone is 12. The van der Waals surface area contributed by atoms with Crippen molar-refractivity contribution < 1.29 is 24.2 Å². The van der Waals surface area contributed by atoms with Gasteiger partial charge in [0.1, 0.15) is 6.61 Å². The number of aliphatic hydroxyl groups is 1. The predicted molar refractivity (Wildman–Crippen MR) is 186 cm³/mol. The van der Waals surface area contributed by atoms with Crippen LogP contribution in [0.15, 0.2) is 72.9 Å². The van der Waals surface area contributed by atoms with Gasteiger partial charge in [0.15, 0.2) is 6.10 Å². The molecule has 1 N–H and O–H groups in total. The summed E-state index contributed by atoms with van der Waals surface area (Å²) >= 11 is 0. The van der Waals surface area contributed by atoms with Gasteiger partial charge < -0.3 is 14.6 Å². The molecular weight excluding hydrogens is 548 g/mol. The summed E-state index contributed by atoms with van der Waals surface area (Å²) in [6.07, 6.45) is 45.3. The van der Waals surface area contributed by atoms with E-state index in [1.54, 1.807) is 0 Å². The van der Waals surface area contributed by atoms with E-state index in [-0.39, 0.29) is 25.2 Å². The van der Waals surface area contributed by atoms with E-state index in [1.807, 2.05) is 0 Å². The Balaban J connectivity index is 3.70. The highest BCUT2D eigenvalue weighted by Gasteiger charge is 2.16. The van der Waals surface area contributed by atoms with Crippen molar-refractivity contribution in [2.75, 3.05) is 13.2 Å². The Labute approximate surface area is 270 Å². The molecule has 250 valence electrons. The normalized spacial score (nSPS) is 13.1. The lowest BCUT2D eigenvalue weighted by atomic mass is 10.1. The standard InChI is InChI=1S/C39H64O5/c1-3-5-7-9-11-13-15-16-17-18-19-20-21-22-24-26-28-30-32-34-39(42)44-37(35-40)36-43-38(41)33-31-29-27-25-23-14-12-10-8-6-4-2/h5,7,10-13,16-17,19-20,22,24,37,40H,3-4,6,8-9,14-15,18,21,23,25-36H2,1-2H3/b7-5-,12-10-,13-11-,17-16-,20-19-,24-22-/t37-/m0/s1. The summed E-state index contributed by atoms with van der Waals surface area (Å²) in [6, 6.07) is 0. The van der Waals surface area contributed by atoms with Gasteiger partial charge in [0.05, 0.1) is 6.61 Å². The van der Waals surface area contributed by atoms with Gasteiger partial charge in [-0.2, -0.15) is 0 Å². The Morgan fingerprint density at radius 2 is 0.977 bits per heavy atom. The minimum atomic E-state index is -0.793. The van der Waals surface area contributed by atoms with E-state index in [9.17, 15) is 14.7 Å². The Hall–Kier alpha value is -2.66. The van der Waals surface area contributed by atoms with Gasteiger partial charge in [-0.15, -0.1) is 0 Å². The molecule has 0 saturated carbocycles. The number of rotatable bonds is 30. The maximum Gasteiger partial charge on any atom is 0.306 e. The molecule has 0 heterocycles. The molecule has 0 bridgehead atoms. The number of esters is 2. The fourth-order valence-electron chi connectivity index (χ4n) is 4.32. The number of carbonyl (C=O) groups is 2. The molecule has 0 fully saturated rings. The molecule has 0 unspecified atom stereocenters. The second kappa shape index (κ2) is 34.8. The zero-order chi connectivity index (χ0) is 32.2. The Morgan fingerprint density at radius 1 is 0.545 bits per heavy atom. The van der Waals surface area contributed by atoms with Crippen molar-refractivity contribution in [1.29, 1.82) is 0 Å². The van der Waals surface area contributed by atoms with Crippen molar-refractivity contribution in [1.82, 2.24) is 0 Å². The van der Waals surface area contributed by atoms with Crippen LogP contribution in [-0.2, 0) is 19.1 Å². The van der Waals surface area contributed by atoms with E-state index in [4.69, 9.17) is 9.47 Å². The van der Waals surface area contributed by atoms with Crippen LogP contribution in [0.5, 0.6) is 0 Å². The van der Waals surface area contributed by atoms with Gasteiger partial charge in [0.25, 0.3) is 0 Å².